The van der Waals surface area contributed by atoms with Crippen LogP contribution in [0.3, 0.4) is 0 Å². The zero-order valence-electron chi connectivity index (χ0n) is 20.3. The van der Waals surface area contributed by atoms with Gasteiger partial charge in [-0.25, -0.2) is 4.98 Å². The molecule has 2 aromatic heterocycles. The lowest BCUT2D eigenvalue weighted by atomic mass is 10.1. The number of fused-ring (bicyclic) bond motifs is 1. The minimum absolute atomic E-state index is 0. The molecule has 0 aliphatic carbocycles. The number of nitrogens with zero attached hydrogens (tertiary/aromatic N) is 3. The van der Waals surface area contributed by atoms with E-state index in [0.717, 1.165) is 11.3 Å². The van der Waals surface area contributed by atoms with Crippen LogP contribution in [0, 0.1) is 0 Å². The van der Waals surface area contributed by atoms with Gasteiger partial charge < -0.3 is 12.4 Å². The normalized spacial score (nSPS) is 11.3. The summed E-state index contributed by atoms with van der Waals surface area (Å²) in [5.74, 6) is 0. The van der Waals surface area contributed by atoms with Gasteiger partial charge in [-0.05, 0) is 48.5 Å². The highest BCUT2D eigenvalue weighted by molar-refractivity contribution is 7.95. The molecule has 6 rings (SSSR count). The van der Waals surface area contributed by atoms with Crippen LogP contribution in [-0.4, -0.2) is 20.8 Å². The van der Waals surface area contributed by atoms with Crippen LogP contribution in [0.1, 0.15) is 0 Å². The van der Waals surface area contributed by atoms with E-state index in [1.165, 1.54) is 15.9 Å². The average molecular weight is 522 g/mol. The van der Waals surface area contributed by atoms with Crippen molar-refractivity contribution in [1.82, 2.24) is 14.2 Å². The first-order valence-corrected chi connectivity index (χ1v) is 14.1. The first-order valence-electron chi connectivity index (χ1n) is 11.9. The van der Waals surface area contributed by atoms with E-state index in [1.807, 2.05) is 53.3 Å². The lowest BCUT2D eigenvalue weighted by Gasteiger charge is -2.25. The van der Waals surface area contributed by atoms with E-state index in [1.54, 1.807) is 10.6 Å². The highest BCUT2D eigenvalue weighted by Crippen LogP contribution is 2.53. The fourth-order valence-corrected chi connectivity index (χ4v) is 8.35. The van der Waals surface area contributed by atoms with Gasteiger partial charge in [-0.1, -0.05) is 66.7 Å². The molecule has 4 aromatic carbocycles. The van der Waals surface area contributed by atoms with E-state index < -0.39 is 7.26 Å². The minimum atomic E-state index is -2.00. The van der Waals surface area contributed by atoms with Crippen LogP contribution in [0.5, 0.6) is 0 Å². The third kappa shape index (κ3) is 4.29. The third-order valence-corrected chi connectivity index (χ3v) is 10.7. The summed E-state index contributed by atoms with van der Waals surface area (Å²) >= 11 is 0. The van der Waals surface area contributed by atoms with Crippen molar-refractivity contribution in [3.8, 4) is 16.9 Å². The van der Waals surface area contributed by atoms with Gasteiger partial charge in [0.05, 0.1) is 18.0 Å². The Morgan fingerprint density at radius 3 is 1.84 bits per heavy atom. The van der Waals surface area contributed by atoms with E-state index in [4.69, 9.17) is 4.98 Å². The van der Waals surface area contributed by atoms with Crippen molar-refractivity contribution in [2.24, 2.45) is 0 Å². The number of aromatic nitrogens is 3. The maximum Gasteiger partial charge on any atom is 0.273 e. The van der Waals surface area contributed by atoms with Crippen molar-refractivity contribution in [2.45, 2.75) is 0 Å². The Hall–Kier alpha value is -3.98. The maximum atomic E-state index is 13.4. The van der Waals surface area contributed by atoms with E-state index in [2.05, 4.69) is 85.5 Å². The quantitative estimate of drug-likeness (QED) is 0.326. The lowest BCUT2D eigenvalue weighted by Crippen LogP contribution is -3.00. The maximum absolute atomic E-state index is 13.4. The summed E-state index contributed by atoms with van der Waals surface area (Å²) in [7, 11) is -2.00. The van der Waals surface area contributed by atoms with Crippen molar-refractivity contribution in [1.29, 1.82) is 0 Å². The molecule has 0 aliphatic heterocycles. The molecule has 0 unspecified atom stereocenters. The first kappa shape index (κ1) is 24.7. The molecule has 37 heavy (non-hydrogen) atoms. The molecule has 2 heterocycles. The van der Waals surface area contributed by atoms with Crippen molar-refractivity contribution >= 4 is 28.8 Å². The predicted octanol–water partition coefficient (Wildman–Crippen LogP) is 2.08. The second-order valence-corrected chi connectivity index (χ2v) is 12.4. The summed E-state index contributed by atoms with van der Waals surface area (Å²) in [6.45, 7) is 2.35. The average Bonchev–Trinajstić information content (AvgIpc) is 3.39. The summed E-state index contributed by atoms with van der Waals surface area (Å²) in [4.78, 5) is 18.4. The van der Waals surface area contributed by atoms with Crippen LogP contribution < -0.4 is 33.9 Å². The Morgan fingerprint density at radius 1 is 0.676 bits per heavy atom. The van der Waals surface area contributed by atoms with Crippen LogP contribution >= 0.6 is 7.26 Å². The number of halogens is 1. The zero-order chi connectivity index (χ0) is 24.5. The molecule has 0 N–H and O–H groups in total. The van der Waals surface area contributed by atoms with Crippen LogP contribution in [0.2, 0.25) is 0 Å². The predicted molar refractivity (Wildman–Crippen MR) is 151 cm³/mol. The smallest absolute Gasteiger partial charge is 0.273 e. The summed E-state index contributed by atoms with van der Waals surface area (Å²) in [6, 6.07) is 43.1. The number of benzene rings is 4. The summed E-state index contributed by atoms with van der Waals surface area (Å²) in [5, 5.41) is 3.79. The van der Waals surface area contributed by atoms with Crippen LogP contribution in [-0.2, 0) is 0 Å². The SMILES string of the molecule is C[P+](c1ccccc1)(c1ccccc1)c1ccccc1-c1cc(=O)n2c(ccn2-c2ccccc2)n1.[Cl-]. The minimum Gasteiger partial charge on any atom is -1.00 e. The molecular formula is C31H25ClN3OP. The second-order valence-electron chi connectivity index (χ2n) is 8.84. The Balaban J connectivity index is 0.00000280. The molecule has 0 radical (unpaired) electrons. The number of rotatable bonds is 5. The van der Waals surface area contributed by atoms with Crippen LogP contribution in [0.15, 0.2) is 138 Å². The summed E-state index contributed by atoms with van der Waals surface area (Å²) in [5.41, 5.74) is 3.11. The largest absolute Gasteiger partial charge is 1.00 e. The van der Waals surface area contributed by atoms with Gasteiger partial charge in [-0.3, -0.25) is 9.48 Å². The molecular weight excluding hydrogens is 497 g/mol. The Bertz CT molecular complexity index is 1670. The van der Waals surface area contributed by atoms with Crippen LogP contribution in [0.4, 0.5) is 0 Å². The molecule has 6 heteroatoms. The van der Waals surface area contributed by atoms with Gasteiger partial charge in [0.15, 0.2) is 5.65 Å². The number of para-hydroxylation sites is 1. The van der Waals surface area contributed by atoms with E-state index in [9.17, 15) is 4.79 Å². The molecule has 0 saturated carbocycles. The molecule has 182 valence electrons. The Labute approximate surface area is 222 Å². The molecule has 0 atom stereocenters. The molecule has 0 amide bonds. The van der Waals surface area contributed by atoms with E-state index in [-0.39, 0.29) is 18.0 Å². The monoisotopic (exact) mass is 521 g/mol. The summed E-state index contributed by atoms with van der Waals surface area (Å²) in [6.07, 6.45) is 1.89. The van der Waals surface area contributed by atoms with Gasteiger partial charge in [0, 0.05) is 23.9 Å². The van der Waals surface area contributed by atoms with Crippen molar-refractivity contribution < 1.29 is 12.4 Å². The molecule has 0 saturated heterocycles. The van der Waals surface area contributed by atoms with Gasteiger partial charge in [0.2, 0.25) is 0 Å². The number of hydrogen-bond donors (Lipinski definition) is 0. The van der Waals surface area contributed by atoms with Gasteiger partial charge in [0.1, 0.15) is 23.2 Å². The van der Waals surface area contributed by atoms with Gasteiger partial charge >= 0.3 is 0 Å². The van der Waals surface area contributed by atoms with Crippen LogP contribution in [0.25, 0.3) is 22.6 Å². The van der Waals surface area contributed by atoms with Crippen molar-refractivity contribution in [3.05, 3.63) is 144 Å². The standard InChI is InChI=1S/C31H25N3OP.ClH/c1-36(25-15-7-3-8-16-25,26-17-9-4-10-18-26)29-20-12-11-19-27(29)28-23-31(35)34-30(32-28)21-22-33(34)24-13-5-2-6-14-24;/h2-23H,1H3;1H/q+1;/p-1. The second kappa shape index (κ2) is 10.2. The summed E-state index contributed by atoms with van der Waals surface area (Å²) < 4.78 is 3.45. The first-order chi connectivity index (χ1) is 17.7. The Kier molecular flexibility index (Phi) is 6.80. The lowest BCUT2D eigenvalue weighted by molar-refractivity contribution is -0.00000713. The van der Waals surface area contributed by atoms with Crippen molar-refractivity contribution in [3.63, 3.8) is 0 Å². The molecule has 0 aliphatic rings. The van der Waals surface area contributed by atoms with Gasteiger partial charge in [-0.2, -0.15) is 4.52 Å². The fourth-order valence-electron chi connectivity index (χ4n) is 4.90. The van der Waals surface area contributed by atoms with E-state index >= 15 is 0 Å². The zero-order valence-corrected chi connectivity index (χ0v) is 21.9. The third-order valence-electron chi connectivity index (χ3n) is 6.73. The van der Waals surface area contributed by atoms with Gasteiger partial charge in [0.25, 0.3) is 5.56 Å². The molecule has 0 bridgehead atoms. The molecule has 4 nitrogen and oxygen atoms in total. The topological polar surface area (TPSA) is 39.3 Å². The Morgan fingerprint density at radius 2 is 1.22 bits per heavy atom. The number of hydrogen-bond acceptors (Lipinski definition) is 2. The molecule has 6 aromatic rings. The highest BCUT2D eigenvalue weighted by atomic mass is 35.5. The molecule has 0 fully saturated rings. The van der Waals surface area contributed by atoms with Gasteiger partial charge in [-0.15, -0.1) is 0 Å². The fraction of sp³-hybridized carbons (Fsp3) is 0.0323. The molecule has 0 spiro atoms. The highest BCUT2D eigenvalue weighted by Gasteiger charge is 2.42. The van der Waals surface area contributed by atoms with Crippen molar-refractivity contribution in [2.75, 3.05) is 6.66 Å². The van der Waals surface area contributed by atoms with E-state index in [0.29, 0.717) is 11.3 Å².